The molecule has 0 amide bonds. The van der Waals surface area contributed by atoms with Gasteiger partial charge in [0.25, 0.3) is 0 Å². The highest BCUT2D eigenvalue weighted by atomic mass is 35.5. The standard InChI is InChI=1S/C13H10Cl2N4S/c1-20-13-16-6-8-7-19(12(15)17-11(8)18-13)10-5-3-2-4-9(10)14/h2-7,12H,1H3. The van der Waals surface area contributed by atoms with Crippen LogP contribution in [0.4, 0.5) is 5.69 Å². The van der Waals surface area contributed by atoms with E-state index >= 15 is 0 Å². The molecule has 0 fully saturated rings. The average Bonchev–Trinajstić information content (AvgIpc) is 2.47. The normalized spacial score (nSPS) is 17.1. The Bertz CT molecular complexity index is 765. The lowest BCUT2D eigenvalue weighted by Crippen LogP contribution is -2.42. The number of anilines is 1. The van der Waals surface area contributed by atoms with Gasteiger partial charge in [0.1, 0.15) is 0 Å². The summed E-state index contributed by atoms with van der Waals surface area (Å²) in [6.07, 6.45) is 5.53. The van der Waals surface area contributed by atoms with E-state index in [0.29, 0.717) is 15.7 Å². The molecule has 0 saturated carbocycles. The second-order valence-corrected chi connectivity index (χ2v) is 5.63. The van der Waals surface area contributed by atoms with Crippen LogP contribution in [-0.2, 0) is 0 Å². The van der Waals surface area contributed by atoms with Crippen LogP contribution in [0.15, 0.2) is 40.6 Å². The van der Waals surface area contributed by atoms with Gasteiger partial charge in [0.2, 0.25) is 5.62 Å². The summed E-state index contributed by atoms with van der Waals surface area (Å²) < 4.78 is 0. The number of hydrogen-bond acceptors (Lipinski definition) is 5. The maximum Gasteiger partial charge on any atom is 0.203 e. The monoisotopic (exact) mass is 324 g/mol. The highest BCUT2D eigenvalue weighted by Gasteiger charge is 2.19. The van der Waals surface area contributed by atoms with Gasteiger partial charge in [-0.2, -0.15) is 0 Å². The summed E-state index contributed by atoms with van der Waals surface area (Å²) >= 11 is 14.0. The molecule has 1 aromatic heterocycles. The predicted octanol–water partition coefficient (Wildman–Crippen LogP) is 2.25. The minimum Gasteiger partial charge on any atom is -0.311 e. The minimum atomic E-state index is -0.577. The van der Waals surface area contributed by atoms with Crippen molar-refractivity contribution >= 4 is 46.9 Å². The molecule has 0 bridgehead atoms. The Morgan fingerprint density at radius 1 is 1.30 bits per heavy atom. The molecule has 1 atom stereocenters. The Labute approximate surface area is 130 Å². The number of nitrogens with zero attached hydrogens (tertiary/aromatic N) is 4. The first-order chi connectivity index (χ1) is 9.69. The molecule has 0 radical (unpaired) electrons. The molecule has 3 rings (SSSR count). The fraction of sp³-hybridized carbons (Fsp3) is 0.154. The van der Waals surface area contributed by atoms with Crippen molar-refractivity contribution in [2.45, 2.75) is 10.8 Å². The number of aromatic nitrogens is 2. The second-order valence-electron chi connectivity index (χ2n) is 4.06. The van der Waals surface area contributed by atoms with E-state index in [9.17, 15) is 0 Å². The van der Waals surface area contributed by atoms with Crippen molar-refractivity contribution in [1.29, 1.82) is 0 Å². The number of para-hydroxylation sites is 1. The van der Waals surface area contributed by atoms with Crippen molar-refractivity contribution in [3.8, 4) is 0 Å². The lowest BCUT2D eigenvalue weighted by molar-refractivity contribution is 0.800. The minimum absolute atomic E-state index is 0.577. The Morgan fingerprint density at radius 2 is 2.10 bits per heavy atom. The van der Waals surface area contributed by atoms with Gasteiger partial charge < -0.3 is 4.90 Å². The van der Waals surface area contributed by atoms with Crippen LogP contribution < -0.4 is 15.6 Å². The van der Waals surface area contributed by atoms with E-state index in [1.807, 2.05) is 36.7 Å². The smallest absolute Gasteiger partial charge is 0.203 e. The van der Waals surface area contributed by atoms with Crippen molar-refractivity contribution in [2.75, 3.05) is 11.2 Å². The topological polar surface area (TPSA) is 41.4 Å². The van der Waals surface area contributed by atoms with Crippen molar-refractivity contribution in [1.82, 2.24) is 9.97 Å². The number of hydrogen-bond donors (Lipinski definition) is 0. The molecule has 7 heteroatoms. The van der Waals surface area contributed by atoms with E-state index in [2.05, 4.69) is 15.0 Å². The molecular formula is C13H10Cl2N4S. The highest BCUT2D eigenvalue weighted by molar-refractivity contribution is 7.98. The molecule has 1 unspecified atom stereocenters. The van der Waals surface area contributed by atoms with Gasteiger partial charge in [-0.3, -0.25) is 0 Å². The number of thioether (sulfide) groups is 1. The van der Waals surface area contributed by atoms with Crippen LogP contribution in [-0.4, -0.2) is 21.8 Å². The molecule has 2 aromatic rings. The van der Waals surface area contributed by atoms with E-state index in [1.165, 1.54) is 11.8 Å². The summed E-state index contributed by atoms with van der Waals surface area (Å²) in [5.74, 6) is 0. The Morgan fingerprint density at radius 3 is 2.85 bits per heavy atom. The first kappa shape index (κ1) is 13.7. The number of halogens is 2. The van der Waals surface area contributed by atoms with Crippen molar-refractivity contribution in [2.24, 2.45) is 4.99 Å². The van der Waals surface area contributed by atoms with Gasteiger partial charge in [-0.25, -0.2) is 15.0 Å². The van der Waals surface area contributed by atoms with Gasteiger partial charge in [-0.15, -0.1) is 0 Å². The zero-order chi connectivity index (χ0) is 14.1. The molecule has 0 N–H and O–H groups in total. The third-order valence-electron chi connectivity index (χ3n) is 2.82. The summed E-state index contributed by atoms with van der Waals surface area (Å²) in [4.78, 5) is 14.8. The van der Waals surface area contributed by atoms with Crippen LogP contribution in [0.2, 0.25) is 5.02 Å². The Balaban J connectivity index is 2.12. The molecule has 0 spiro atoms. The van der Waals surface area contributed by atoms with Gasteiger partial charge in [0.05, 0.1) is 15.9 Å². The average molecular weight is 325 g/mol. The van der Waals surface area contributed by atoms with Crippen molar-refractivity contribution < 1.29 is 0 Å². The van der Waals surface area contributed by atoms with E-state index in [4.69, 9.17) is 23.2 Å². The number of fused-ring (bicyclic) bond motifs is 1. The summed E-state index contributed by atoms with van der Waals surface area (Å²) in [6.45, 7) is 0. The van der Waals surface area contributed by atoms with E-state index < -0.39 is 5.62 Å². The first-order valence-corrected chi connectivity index (χ1v) is 7.86. The van der Waals surface area contributed by atoms with Crippen molar-refractivity contribution in [3.63, 3.8) is 0 Å². The zero-order valence-corrected chi connectivity index (χ0v) is 12.8. The molecule has 2 heterocycles. The van der Waals surface area contributed by atoms with Gasteiger partial charge >= 0.3 is 0 Å². The molecule has 1 aliphatic rings. The van der Waals surface area contributed by atoms with Crippen LogP contribution >= 0.6 is 35.0 Å². The van der Waals surface area contributed by atoms with Crippen LogP contribution in [0.3, 0.4) is 0 Å². The lowest BCUT2D eigenvalue weighted by atomic mass is 10.3. The maximum absolute atomic E-state index is 6.31. The number of benzene rings is 1. The van der Waals surface area contributed by atoms with Crippen LogP contribution in [0, 0.1) is 0 Å². The fourth-order valence-corrected chi connectivity index (χ4v) is 2.70. The third kappa shape index (κ3) is 2.49. The first-order valence-electron chi connectivity index (χ1n) is 5.83. The van der Waals surface area contributed by atoms with Gasteiger partial charge in [-0.1, -0.05) is 47.1 Å². The van der Waals surface area contributed by atoms with Crippen LogP contribution in [0.1, 0.15) is 0 Å². The Hall–Kier alpha value is -1.30. The summed E-state index contributed by atoms with van der Waals surface area (Å²) in [7, 11) is 0. The molecular weight excluding hydrogens is 315 g/mol. The molecule has 4 nitrogen and oxygen atoms in total. The highest BCUT2D eigenvalue weighted by Crippen LogP contribution is 2.28. The fourth-order valence-electron chi connectivity index (χ4n) is 1.88. The SMILES string of the molecule is CSc1ncc2c(n1)=NC(Cl)N(c1ccccc1Cl)C=2. The quantitative estimate of drug-likeness (QED) is 0.368. The van der Waals surface area contributed by atoms with Gasteiger partial charge in [-0.05, 0) is 18.4 Å². The largest absolute Gasteiger partial charge is 0.311 e. The molecule has 20 heavy (non-hydrogen) atoms. The van der Waals surface area contributed by atoms with E-state index in [1.54, 1.807) is 11.1 Å². The molecule has 0 saturated heterocycles. The second kappa shape index (κ2) is 5.60. The summed E-state index contributed by atoms with van der Waals surface area (Å²) in [5.41, 5.74) is 0.831. The van der Waals surface area contributed by atoms with Crippen LogP contribution in [0.5, 0.6) is 0 Å². The van der Waals surface area contributed by atoms with Crippen LogP contribution in [0.25, 0.3) is 6.20 Å². The van der Waals surface area contributed by atoms with E-state index in [-0.39, 0.29) is 0 Å². The molecule has 0 aliphatic carbocycles. The molecule has 1 aromatic carbocycles. The molecule has 102 valence electrons. The van der Waals surface area contributed by atoms with Crippen molar-refractivity contribution in [3.05, 3.63) is 46.2 Å². The Kier molecular flexibility index (Phi) is 3.83. The van der Waals surface area contributed by atoms with Gasteiger partial charge in [0.15, 0.2) is 10.6 Å². The zero-order valence-electron chi connectivity index (χ0n) is 10.5. The maximum atomic E-state index is 6.31. The van der Waals surface area contributed by atoms with Gasteiger partial charge in [0, 0.05) is 12.4 Å². The lowest BCUT2D eigenvalue weighted by Gasteiger charge is -2.26. The number of alkyl halides is 1. The van der Waals surface area contributed by atoms with E-state index in [0.717, 1.165) is 10.9 Å². The third-order valence-corrected chi connectivity index (χ3v) is 4.01. The number of rotatable bonds is 2. The summed E-state index contributed by atoms with van der Waals surface area (Å²) in [5, 5.41) is 2.12. The predicted molar refractivity (Wildman–Crippen MR) is 82.6 cm³/mol. The molecule has 1 aliphatic heterocycles. The summed E-state index contributed by atoms with van der Waals surface area (Å²) in [6, 6.07) is 7.49.